The van der Waals surface area contributed by atoms with Crippen molar-refractivity contribution in [3.05, 3.63) is 71.7 Å². The number of hydrogen-bond donors (Lipinski definition) is 1. The summed E-state index contributed by atoms with van der Waals surface area (Å²) in [5.74, 6) is 0.846. The molecule has 1 aromatic heterocycles. The van der Waals surface area contributed by atoms with Gasteiger partial charge in [-0.3, -0.25) is 0 Å². The molecule has 1 fully saturated rings. The van der Waals surface area contributed by atoms with Crippen molar-refractivity contribution in [1.29, 1.82) is 0 Å². The molecule has 0 spiro atoms. The van der Waals surface area contributed by atoms with E-state index in [9.17, 15) is 9.18 Å². The normalized spacial score (nSPS) is 15.2. The molecule has 2 aromatic carbocycles. The van der Waals surface area contributed by atoms with Gasteiger partial charge in [0.05, 0.1) is 29.6 Å². The minimum Gasteiger partial charge on any atom is -0.439 e. The number of para-hydroxylation sites is 1. The number of aryl methyl sites for hydroxylation is 1. The fourth-order valence-electron chi connectivity index (χ4n) is 4.17. The number of amides is 2. The number of nitrogens with zero attached hydrogens (tertiary/aromatic N) is 3. The molecule has 8 heteroatoms. The van der Waals surface area contributed by atoms with Gasteiger partial charge in [0.2, 0.25) is 5.88 Å². The Morgan fingerprint density at radius 3 is 2.63 bits per heavy atom. The van der Waals surface area contributed by atoms with Crippen molar-refractivity contribution in [2.45, 2.75) is 52.2 Å². The van der Waals surface area contributed by atoms with E-state index in [1.165, 1.54) is 12.1 Å². The van der Waals surface area contributed by atoms with Gasteiger partial charge in [-0.15, -0.1) is 0 Å². The lowest BCUT2D eigenvalue weighted by atomic mass is 10.1. The molecule has 7 nitrogen and oxygen atoms in total. The summed E-state index contributed by atoms with van der Waals surface area (Å²) in [4.78, 5) is 14.9. The third-order valence-electron chi connectivity index (χ3n) is 5.99. The van der Waals surface area contributed by atoms with E-state index in [0.717, 1.165) is 37.1 Å². The Morgan fingerprint density at radius 2 is 1.97 bits per heavy atom. The maximum atomic E-state index is 13.6. The molecule has 0 aliphatic carbocycles. The van der Waals surface area contributed by atoms with Gasteiger partial charge >= 0.3 is 6.03 Å². The first-order valence-electron chi connectivity index (χ1n) is 12.3. The molecule has 3 aromatic rings. The lowest BCUT2D eigenvalue weighted by molar-refractivity contribution is 0.0793. The topological polar surface area (TPSA) is 68.6 Å². The Labute approximate surface area is 205 Å². The van der Waals surface area contributed by atoms with E-state index in [1.807, 2.05) is 44.2 Å². The highest BCUT2D eigenvalue weighted by Gasteiger charge is 2.27. The van der Waals surface area contributed by atoms with Crippen LogP contribution in [0, 0.1) is 5.82 Å². The first kappa shape index (κ1) is 24.7. The van der Waals surface area contributed by atoms with Crippen LogP contribution < -0.4 is 10.1 Å². The van der Waals surface area contributed by atoms with Gasteiger partial charge in [0, 0.05) is 19.7 Å². The highest BCUT2D eigenvalue weighted by atomic mass is 19.1. The molecule has 35 heavy (non-hydrogen) atoms. The molecule has 1 N–H and O–H groups in total. The van der Waals surface area contributed by atoms with Crippen LogP contribution in [0.1, 0.15) is 44.4 Å². The van der Waals surface area contributed by atoms with Crippen LogP contribution in [-0.2, 0) is 17.7 Å². The van der Waals surface area contributed by atoms with E-state index in [1.54, 1.807) is 21.7 Å². The molecular formula is C27H33FN4O3. The van der Waals surface area contributed by atoms with Crippen LogP contribution >= 0.6 is 0 Å². The van der Waals surface area contributed by atoms with Gasteiger partial charge < -0.3 is 19.7 Å². The Kier molecular flexibility index (Phi) is 8.36. The predicted octanol–water partition coefficient (Wildman–Crippen LogP) is 5.47. The molecule has 0 radical (unpaired) electrons. The number of halogens is 1. The molecule has 4 rings (SSSR count). The van der Waals surface area contributed by atoms with Crippen LogP contribution in [0.2, 0.25) is 0 Å². The number of ether oxygens (including phenoxy) is 2. The number of benzene rings is 2. The standard InChI is InChI=1S/C27H33FN4O3/c1-3-16-29-27(33)31(18-23-11-8-17-34-23)19-24-25(4-2)30-32(21-14-12-20(28)13-15-21)26(24)35-22-9-6-5-7-10-22/h5-7,9-10,12-15,23H,3-4,8,11,16-19H2,1-2H3,(H,29,33)/t23-/m1/s1. The van der Waals surface area contributed by atoms with Gasteiger partial charge in [-0.1, -0.05) is 32.0 Å². The van der Waals surface area contributed by atoms with Crippen molar-refractivity contribution >= 4 is 6.03 Å². The zero-order valence-electron chi connectivity index (χ0n) is 20.4. The summed E-state index contributed by atoms with van der Waals surface area (Å²) in [5, 5.41) is 7.81. The molecule has 1 atom stereocenters. The second-order valence-electron chi connectivity index (χ2n) is 8.63. The Hall–Kier alpha value is -3.39. The molecule has 0 bridgehead atoms. The predicted molar refractivity (Wildman–Crippen MR) is 132 cm³/mol. The van der Waals surface area contributed by atoms with E-state index >= 15 is 0 Å². The van der Waals surface area contributed by atoms with E-state index < -0.39 is 0 Å². The van der Waals surface area contributed by atoms with Crippen LogP contribution in [0.4, 0.5) is 9.18 Å². The quantitative estimate of drug-likeness (QED) is 0.418. The number of carbonyl (C=O) groups is 1. The third kappa shape index (κ3) is 6.19. The summed E-state index contributed by atoms with van der Waals surface area (Å²) in [6, 6.07) is 15.5. The molecule has 1 aliphatic rings. The summed E-state index contributed by atoms with van der Waals surface area (Å²) in [6.07, 6.45) is 3.45. The smallest absolute Gasteiger partial charge is 0.317 e. The fourth-order valence-corrected chi connectivity index (χ4v) is 4.17. The monoisotopic (exact) mass is 480 g/mol. The minimum absolute atomic E-state index is 0.0121. The summed E-state index contributed by atoms with van der Waals surface area (Å²) in [7, 11) is 0. The van der Waals surface area contributed by atoms with Gasteiger partial charge in [0.1, 0.15) is 11.6 Å². The maximum Gasteiger partial charge on any atom is 0.317 e. The summed E-state index contributed by atoms with van der Waals surface area (Å²) in [6.45, 7) is 6.18. The van der Waals surface area contributed by atoms with Crippen LogP contribution in [0.3, 0.4) is 0 Å². The Morgan fingerprint density at radius 1 is 1.20 bits per heavy atom. The van der Waals surface area contributed by atoms with Crippen molar-refractivity contribution in [2.24, 2.45) is 0 Å². The van der Waals surface area contributed by atoms with E-state index in [0.29, 0.717) is 43.4 Å². The number of nitrogens with one attached hydrogen (secondary N) is 1. The van der Waals surface area contributed by atoms with Gasteiger partial charge in [0.15, 0.2) is 0 Å². The number of urea groups is 1. The molecule has 2 heterocycles. The van der Waals surface area contributed by atoms with E-state index in [2.05, 4.69) is 5.32 Å². The number of hydrogen-bond acceptors (Lipinski definition) is 4. The minimum atomic E-state index is -0.322. The van der Waals surface area contributed by atoms with Crippen molar-refractivity contribution in [2.75, 3.05) is 19.7 Å². The van der Waals surface area contributed by atoms with Gasteiger partial charge in [-0.05, 0) is 62.1 Å². The first-order valence-corrected chi connectivity index (χ1v) is 12.3. The zero-order valence-corrected chi connectivity index (χ0v) is 20.4. The molecular weight excluding hydrogens is 447 g/mol. The van der Waals surface area contributed by atoms with Crippen molar-refractivity contribution in [1.82, 2.24) is 20.0 Å². The first-order chi connectivity index (χ1) is 17.1. The van der Waals surface area contributed by atoms with Crippen molar-refractivity contribution < 1.29 is 18.7 Å². The third-order valence-corrected chi connectivity index (χ3v) is 5.99. The average molecular weight is 481 g/mol. The highest BCUT2D eigenvalue weighted by Crippen LogP contribution is 2.32. The lowest BCUT2D eigenvalue weighted by Crippen LogP contribution is -2.43. The molecule has 186 valence electrons. The van der Waals surface area contributed by atoms with Gasteiger partial charge in [-0.2, -0.15) is 5.10 Å². The number of carbonyl (C=O) groups excluding carboxylic acids is 1. The number of rotatable bonds is 10. The van der Waals surface area contributed by atoms with Crippen LogP contribution in [-0.4, -0.2) is 46.5 Å². The van der Waals surface area contributed by atoms with E-state index in [4.69, 9.17) is 14.6 Å². The van der Waals surface area contributed by atoms with Gasteiger partial charge in [0.25, 0.3) is 0 Å². The molecule has 2 amide bonds. The van der Waals surface area contributed by atoms with Crippen LogP contribution in [0.5, 0.6) is 11.6 Å². The van der Waals surface area contributed by atoms with Crippen LogP contribution in [0.15, 0.2) is 54.6 Å². The fraction of sp³-hybridized carbons (Fsp3) is 0.407. The summed E-state index contributed by atoms with van der Waals surface area (Å²) < 4.78 is 27.5. The maximum absolute atomic E-state index is 13.6. The van der Waals surface area contributed by atoms with Crippen LogP contribution in [0.25, 0.3) is 5.69 Å². The Bertz CT molecular complexity index is 1100. The summed E-state index contributed by atoms with van der Waals surface area (Å²) in [5.41, 5.74) is 2.32. The molecule has 0 saturated carbocycles. The second-order valence-corrected chi connectivity index (χ2v) is 8.63. The van der Waals surface area contributed by atoms with Crippen molar-refractivity contribution in [3.8, 4) is 17.3 Å². The highest BCUT2D eigenvalue weighted by molar-refractivity contribution is 5.74. The zero-order chi connectivity index (χ0) is 24.6. The van der Waals surface area contributed by atoms with Gasteiger partial charge in [-0.25, -0.2) is 13.9 Å². The SMILES string of the molecule is CCCNC(=O)N(Cc1c(CC)nn(-c2ccc(F)cc2)c1Oc1ccccc1)C[C@H]1CCCO1. The largest absolute Gasteiger partial charge is 0.439 e. The summed E-state index contributed by atoms with van der Waals surface area (Å²) >= 11 is 0. The Balaban J connectivity index is 1.73. The van der Waals surface area contributed by atoms with Crippen molar-refractivity contribution in [3.63, 3.8) is 0 Å². The lowest BCUT2D eigenvalue weighted by Gasteiger charge is -2.26. The number of aromatic nitrogens is 2. The average Bonchev–Trinajstić information content (AvgIpc) is 3.51. The van der Waals surface area contributed by atoms with E-state index in [-0.39, 0.29) is 18.0 Å². The molecule has 1 aliphatic heterocycles. The molecule has 1 saturated heterocycles. The molecule has 0 unspecified atom stereocenters. The second kappa shape index (κ2) is 11.8.